The van der Waals surface area contributed by atoms with Gasteiger partial charge in [-0.3, -0.25) is 9.78 Å². The molecule has 3 heterocycles. The molecule has 0 unspecified atom stereocenters. The number of carbonyl (C=O) groups excluding carboxylic acids is 1. The number of pyridine rings is 1. The molecule has 0 radical (unpaired) electrons. The van der Waals surface area contributed by atoms with Crippen molar-refractivity contribution in [1.29, 1.82) is 0 Å². The zero-order valence-electron chi connectivity index (χ0n) is 25.6. The molecular weight excluding hydrogens is 542 g/mol. The summed E-state index contributed by atoms with van der Waals surface area (Å²) in [5.74, 6) is 0.479. The Morgan fingerprint density at radius 2 is 1.79 bits per heavy atom. The molecule has 2 aromatic heterocycles. The lowest BCUT2D eigenvalue weighted by Crippen LogP contribution is -2.30. The summed E-state index contributed by atoms with van der Waals surface area (Å²) in [7, 11) is 1.61. The number of rotatable bonds is 6. The van der Waals surface area contributed by atoms with Crippen LogP contribution < -0.4 is 20.3 Å². The molecule has 8 heteroatoms. The zero-order chi connectivity index (χ0) is 30.3. The Morgan fingerprint density at radius 1 is 1.02 bits per heavy atom. The number of benzene rings is 2. The first kappa shape index (κ1) is 29.3. The largest absolute Gasteiger partial charge is 0.494 e. The molecule has 0 aliphatic carbocycles. The summed E-state index contributed by atoms with van der Waals surface area (Å²) in [6.45, 7) is 14.3. The Kier molecular flexibility index (Phi) is 7.86. The monoisotopic (exact) mass is 581 g/mol. The molecule has 42 heavy (non-hydrogen) atoms. The van der Waals surface area contributed by atoms with Crippen LogP contribution in [0.15, 0.2) is 66.9 Å². The van der Waals surface area contributed by atoms with Gasteiger partial charge in [-0.05, 0) is 93.0 Å². The lowest BCUT2D eigenvalue weighted by molar-refractivity contribution is -0.123. The summed E-state index contributed by atoms with van der Waals surface area (Å²) in [5.41, 5.74) is 8.96. The van der Waals surface area contributed by atoms with Crippen LogP contribution in [0.2, 0.25) is 0 Å². The number of nitrogens with one attached hydrogen (secondary N) is 2. The van der Waals surface area contributed by atoms with Crippen molar-refractivity contribution in [2.24, 2.45) is 5.41 Å². The highest BCUT2D eigenvalue weighted by molar-refractivity contribution is 7.80. The molecule has 2 atom stereocenters. The molecule has 1 aliphatic heterocycles. The number of thiocarbonyl (C=S) groups is 1. The van der Waals surface area contributed by atoms with E-state index in [1.807, 2.05) is 63.4 Å². The topological polar surface area (TPSA) is 71.4 Å². The van der Waals surface area contributed by atoms with Crippen molar-refractivity contribution < 1.29 is 9.53 Å². The number of amides is 1. The van der Waals surface area contributed by atoms with Crippen molar-refractivity contribution in [2.75, 3.05) is 17.3 Å². The van der Waals surface area contributed by atoms with E-state index in [9.17, 15) is 4.79 Å². The van der Waals surface area contributed by atoms with Gasteiger partial charge in [-0.2, -0.15) is 0 Å². The fourth-order valence-electron chi connectivity index (χ4n) is 5.63. The third kappa shape index (κ3) is 5.27. The summed E-state index contributed by atoms with van der Waals surface area (Å²) in [6, 6.07) is 20.1. The Hall–Kier alpha value is -4.17. The quantitative estimate of drug-likeness (QED) is 0.233. The van der Waals surface area contributed by atoms with Crippen LogP contribution in [0.1, 0.15) is 66.6 Å². The van der Waals surface area contributed by atoms with Crippen LogP contribution in [0, 0.1) is 33.1 Å². The Bertz CT molecular complexity index is 1650. The van der Waals surface area contributed by atoms with Crippen LogP contribution in [0.3, 0.4) is 0 Å². The van der Waals surface area contributed by atoms with E-state index in [0.29, 0.717) is 16.5 Å². The van der Waals surface area contributed by atoms with Crippen LogP contribution >= 0.6 is 12.2 Å². The summed E-state index contributed by atoms with van der Waals surface area (Å²) in [5, 5.41) is 7.17. The van der Waals surface area contributed by atoms with Gasteiger partial charge in [0, 0.05) is 40.4 Å². The molecule has 5 rings (SSSR count). The minimum absolute atomic E-state index is 0.0844. The predicted octanol–water partition coefficient (Wildman–Crippen LogP) is 7.28. The number of methoxy groups -OCH3 is 1. The van der Waals surface area contributed by atoms with E-state index in [2.05, 4.69) is 72.1 Å². The summed E-state index contributed by atoms with van der Waals surface area (Å²) in [4.78, 5) is 19.6. The second-order valence-corrected chi connectivity index (χ2v) is 12.4. The van der Waals surface area contributed by atoms with Gasteiger partial charge in [-0.15, -0.1) is 0 Å². The standard InChI is InChI=1S/C34H39N5O2S/c1-20-12-11-14-28(22(20)3)38-21(2)18-25(23(38)4)31-30(27-13-9-10-17-35-27)37-33(42)39(31)24-15-16-26(29(19-24)41-8)36-32(40)34(5,6)7/h9-19,30-31H,1-8H3,(H,36,40)(H,37,42)/t30-,31+/m1/s1. The molecule has 7 nitrogen and oxygen atoms in total. The molecular formula is C34H39N5O2S. The van der Waals surface area contributed by atoms with Crippen LogP contribution in [0.5, 0.6) is 5.75 Å². The SMILES string of the molecule is COc1cc(N2C(=S)N[C@H](c3ccccn3)[C@@H]2c2cc(C)n(-c3cccc(C)c3C)c2C)ccc1NC(=O)C(C)(C)C. The number of hydrogen-bond donors (Lipinski definition) is 2. The number of hydrogen-bond acceptors (Lipinski definition) is 4. The van der Waals surface area contributed by atoms with E-state index in [0.717, 1.165) is 28.3 Å². The predicted molar refractivity (Wildman–Crippen MR) is 174 cm³/mol. The highest BCUT2D eigenvalue weighted by Gasteiger charge is 2.42. The molecule has 1 fully saturated rings. The molecule has 0 bridgehead atoms. The first-order valence-electron chi connectivity index (χ1n) is 14.2. The second kappa shape index (κ2) is 11.2. The maximum Gasteiger partial charge on any atom is 0.229 e. The lowest BCUT2D eigenvalue weighted by Gasteiger charge is -2.29. The molecule has 4 aromatic rings. The molecule has 1 saturated heterocycles. The van der Waals surface area contributed by atoms with Crippen LogP contribution in [-0.2, 0) is 4.79 Å². The lowest BCUT2D eigenvalue weighted by atomic mass is 9.95. The number of ether oxygens (including phenoxy) is 1. The smallest absolute Gasteiger partial charge is 0.229 e. The average molecular weight is 582 g/mol. The van der Waals surface area contributed by atoms with Crippen molar-refractivity contribution in [3.8, 4) is 11.4 Å². The number of nitrogens with zero attached hydrogens (tertiary/aromatic N) is 3. The van der Waals surface area contributed by atoms with Gasteiger partial charge in [0.2, 0.25) is 5.91 Å². The summed E-state index contributed by atoms with van der Waals surface area (Å²) < 4.78 is 8.09. The number of anilines is 2. The van der Waals surface area contributed by atoms with E-state index in [1.54, 1.807) is 7.11 Å². The van der Waals surface area contributed by atoms with Gasteiger partial charge in [0.1, 0.15) is 5.75 Å². The highest BCUT2D eigenvalue weighted by Crippen LogP contribution is 2.45. The van der Waals surface area contributed by atoms with Gasteiger partial charge in [-0.25, -0.2) is 0 Å². The highest BCUT2D eigenvalue weighted by atomic mass is 32.1. The minimum Gasteiger partial charge on any atom is -0.494 e. The first-order chi connectivity index (χ1) is 19.9. The fraction of sp³-hybridized carbons (Fsp3) is 0.324. The van der Waals surface area contributed by atoms with Gasteiger partial charge >= 0.3 is 0 Å². The van der Waals surface area contributed by atoms with Gasteiger partial charge < -0.3 is 24.8 Å². The van der Waals surface area contributed by atoms with Crippen molar-refractivity contribution in [3.05, 3.63) is 101 Å². The normalized spacial score (nSPS) is 16.9. The van der Waals surface area contributed by atoms with Crippen molar-refractivity contribution in [3.63, 3.8) is 0 Å². The van der Waals surface area contributed by atoms with Crippen LogP contribution in [-0.4, -0.2) is 27.7 Å². The van der Waals surface area contributed by atoms with E-state index in [4.69, 9.17) is 21.9 Å². The number of aryl methyl sites for hydroxylation is 2. The van der Waals surface area contributed by atoms with E-state index in [-0.39, 0.29) is 18.0 Å². The minimum atomic E-state index is -0.538. The molecule has 1 aliphatic rings. The zero-order valence-corrected chi connectivity index (χ0v) is 26.4. The second-order valence-electron chi connectivity index (χ2n) is 12.0. The van der Waals surface area contributed by atoms with Gasteiger partial charge in [0.05, 0.1) is 30.6 Å². The molecule has 0 saturated carbocycles. The third-order valence-corrected chi connectivity index (χ3v) is 8.41. The average Bonchev–Trinajstić information content (AvgIpc) is 3.45. The first-order valence-corrected chi connectivity index (χ1v) is 14.6. The van der Waals surface area contributed by atoms with E-state index >= 15 is 0 Å². The van der Waals surface area contributed by atoms with E-state index < -0.39 is 5.41 Å². The Balaban J connectivity index is 1.64. The molecule has 2 N–H and O–H groups in total. The van der Waals surface area contributed by atoms with Crippen LogP contribution in [0.25, 0.3) is 5.69 Å². The van der Waals surface area contributed by atoms with Crippen molar-refractivity contribution in [2.45, 2.75) is 60.5 Å². The maximum absolute atomic E-state index is 12.7. The molecule has 0 spiro atoms. The maximum atomic E-state index is 12.7. The molecule has 218 valence electrons. The summed E-state index contributed by atoms with van der Waals surface area (Å²) >= 11 is 5.99. The Labute approximate surface area is 253 Å². The number of aromatic nitrogens is 2. The van der Waals surface area contributed by atoms with Crippen molar-refractivity contribution >= 4 is 34.6 Å². The van der Waals surface area contributed by atoms with Crippen molar-refractivity contribution in [1.82, 2.24) is 14.9 Å². The van der Waals surface area contributed by atoms with Gasteiger partial charge in [0.15, 0.2) is 5.11 Å². The third-order valence-electron chi connectivity index (χ3n) is 8.10. The van der Waals surface area contributed by atoms with Gasteiger partial charge in [-0.1, -0.05) is 39.0 Å². The molecule has 2 aromatic carbocycles. The summed E-state index contributed by atoms with van der Waals surface area (Å²) in [6.07, 6.45) is 1.81. The van der Waals surface area contributed by atoms with Crippen LogP contribution in [0.4, 0.5) is 11.4 Å². The van der Waals surface area contributed by atoms with E-state index in [1.165, 1.54) is 16.8 Å². The fourth-order valence-corrected chi connectivity index (χ4v) is 5.97. The van der Waals surface area contributed by atoms with Gasteiger partial charge in [0.25, 0.3) is 0 Å². The Morgan fingerprint density at radius 3 is 2.45 bits per heavy atom. The number of carbonyl (C=O) groups is 1. The molecule has 1 amide bonds.